The normalized spacial score (nSPS) is 10.3. The number of hydrazine groups is 1. The Morgan fingerprint density at radius 1 is 1.31 bits per heavy atom. The summed E-state index contributed by atoms with van der Waals surface area (Å²) in [6.07, 6.45) is -1.17. The van der Waals surface area contributed by atoms with Gasteiger partial charge in [0.25, 0.3) is 0 Å². The van der Waals surface area contributed by atoms with Crippen molar-refractivity contribution in [3.63, 3.8) is 0 Å². The first-order valence-electron chi connectivity index (χ1n) is 4.76. The molecule has 1 aromatic heterocycles. The van der Waals surface area contributed by atoms with E-state index >= 15 is 0 Å². The van der Waals surface area contributed by atoms with E-state index in [0.717, 1.165) is 10.9 Å². The van der Waals surface area contributed by atoms with Crippen molar-refractivity contribution in [2.24, 2.45) is 5.84 Å². The van der Waals surface area contributed by atoms with Crippen LogP contribution in [0.25, 0.3) is 10.9 Å². The molecule has 1 heterocycles. The first kappa shape index (κ1) is 10.4. The van der Waals surface area contributed by atoms with Crippen LogP contribution in [-0.4, -0.2) is 21.2 Å². The summed E-state index contributed by atoms with van der Waals surface area (Å²) in [4.78, 5) is 14.9. The van der Waals surface area contributed by atoms with Gasteiger partial charge in [0.1, 0.15) is 0 Å². The van der Waals surface area contributed by atoms with Gasteiger partial charge in [-0.2, -0.15) is 0 Å². The van der Waals surface area contributed by atoms with Crippen molar-refractivity contribution in [3.05, 3.63) is 42.1 Å². The van der Waals surface area contributed by atoms with E-state index < -0.39 is 6.09 Å². The lowest BCUT2D eigenvalue weighted by atomic mass is 10.2. The molecule has 1 aromatic carbocycles. The molecule has 0 atom stereocenters. The van der Waals surface area contributed by atoms with Gasteiger partial charge in [0.15, 0.2) is 0 Å². The minimum absolute atomic E-state index is 0.0835. The van der Waals surface area contributed by atoms with Crippen molar-refractivity contribution in [2.45, 2.75) is 6.54 Å². The molecule has 0 saturated carbocycles. The number of amides is 1. The average Bonchev–Trinajstić information content (AvgIpc) is 2.28. The molecule has 0 radical (unpaired) electrons. The maximum absolute atomic E-state index is 10.5. The predicted molar refractivity (Wildman–Crippen MR) is 59.5 cm³/mol. The molecule has 0 fully saturated rings. The summed E-state index contributed by atoms with van der Waals surface area (Å²) in [6, 6.07) is 11.3. The molecule has 0 spiro atoms. The van der Waals surface area contributed by atoms with Crippen LogP contribution in [0.4, 0.5) is 4.79 Å². The Kier molecular flexibility index (Phi) is 2.70. The van der Waals surface area contributed by atoms with Gasteiger partial charge in [-0.3, -0.25) is 4.98 Å². The summed E-state index contributed by atoms with van der Waals surface area (Å²) >= 11 is 0. The minimum atomic E-state index is -1.17. The second-order valence-corrected chi connectivity index (χ2v) is 3.41. The van der Waals surface area contributed by atoms with Crippen LogP contribution in [0.3, 0.4) is 0 Å². The number of carboxylic acid groups (broad SMARTS) is 1. The van der Waals surface area contributed by atoms with Crippen molar-refractivity contribution in [1.29, 1.82) is 0 Å². The van der Waals surface area contributed by atoms with Crippen molar-refractivity contribution in [2.75, 3.05) is 0 Å². The Morgan fingerprint density at radius 2 is 2.06 bits per heavy atom. The highest BCUT2D eigenvalue weighted by molar-refractivity contribution is 5.78. The zero-order valence-electron chi connectivity index (χ0n) is 8.50. The summed E-state index contributed by atoms with van der Waals surface area (Å²) < 4.78 is 0. The molecule has 0 aliphatic carbocycles. The number of nitrogens with two attached hydrogens (primary N) is 1. The number of rotatable bonds is 2. The zero-order chi connectivity index (χ0) is 11.5. The van der Waals surface area contributed by atoms with Crippen molar-refractivity contribution in [1.82, 2.24) is 9.99 Å². The van der Waals surface area contributed by atoms with Crippen LogP contribution in [0.2, 0.25) is 0 Å². The highest BCUT2D eigenvalue weighted by atomic mass is 16.4. The van der Waals surface area contributed by atoms with Gasteiger partial charge in [-0.1, -0.05) is 24.3 Å². The van der Waals surface area contributed by atoms with E-state index in [4.69, 9.17) is 10.9 Å². The molecule has 5 nitrogen and oxygen atoms in total. The van der Waals surface area contributed by atoms with E-state index in [1.54, 1.807) is 6.07 Å². The van der Waals surface area contributed by atoms with E-state index in [1.165, 1.54) is 0 Å². The number of pyridine rings is 1. The van der Waals surface area contributed by atoms with Crippen LogP contribution in [0, 0.1) is 0 Å². The molecule has 0 unspecified atom stereocenters. The lowest BCUT2D eigenvalue weighted by molar-refractivity contribution is 0.142. The third-order valence-electron chi connectivity index (χ3n) is 2.23. The van der Waals surface area contributed by atoms with E-state index in [0.29, 0.717) is 10.7 Å². The molecule has 5 heteroatoms. The monoisotopic (exact) mass is 217 g/mol. The Balaban J connectivity index is 2.29. The van der Waals surface area contributed by atoms with Gasteiger partial charge in [0, 0.05) is 5.39 Å². The fourth-order valence-corrected chi connectivity index (χ4v) is 1.44. The third kappa shape index (κ3) is 2.09. The molecule has 0 saturated heterocycles. The molecule has 2 aromatic rings. The minimum Gasteiger partial charge on any atom is -0.464 e. The lowest BCUT2D eigenvalue weighted by Gasteiger charge is -2.11. The van der Waals surface area contributed by atoms with E-state index in [9.17, 15) is 4.79 Å². The number of hydrogen-bond donors (Lipinski definition) is 2. The van der Waals surface area contributed by atoms with Crippen LogP contribution >= 0.6 is 0 Å². The number of fused-ring (bicyclic) bond motifs is 1. The first-order chi connectivity index (χ1) is 7.66. The van der Waals surface area contributed by atoms with E-state index in [2.05, 4.69) is 4.98 Å². The second kappa shape index (κ2) is 4.16. The van der Waals surface area contributed by atoms with Crippen molar-refractivity contribution < 1.29 is 9.90 Å². The van der Waals surface area contributed by atoms with Gasteiger partial charge in [-0.05, 0) is 12.1 Å². The quantitative estimate of drug-likeness (QED) is 0.455. The predicted octanol–water partition coefficient (Wildman–Crippen LogP) is 1.59. The number of carbonyl (C=O) groups is 1. The smallest absolute Gasteiger partial charge is 0.421 e. The van der Waals surface area contributed by atoms with Crippen LogP contribution < -0.4 is 5.84 Å². The van der Waals surface area contributed by atoms with Gasteiger partial charge in [0.2, 0.25) is 0 Å². The number of aromatic nitrogens is 1. The molecular weight excluding hydrogens is 206 g/mol. The van der Waals surface area contributed by atoms with Crippen LogP contribution in [0.1, 0.15) is 5.69 Å². The van der Waals surface area contributed by atoms with Gasteiger partial charge >= 0.3 is 6.09 Å². The summed E-state index contributed by atoms with van der Waals surface area (Å²) in [7, 11) is 0. The number of nitrogens with zero attached hydrogens (tertiary/aromatic N) is 2. The zero-order valence-corrected chi connectivity index (χ0v) is 8.50. The first-order valence-corrected chi connectivity index (χ1v) is 4.76. The van der Waals surface area contributed by atoms with Crippen molar-refractivity contribution in [3.8, 4) is 0 Å². The molecule has 16 heavy (non-hydrogen) atoms. The maximum atomic E-state index is 10.5. The van der Waals surface area contributed by atoms with Crippen LogP contribution in [-0.2, 0) is 6.54 Å². The molecule has 0 aliphatic rings. The summed E-state index contributed by atoms with van der Waals surface area (Å²) in [5.41, 5.74) is 1.46. The largest absolute Gasteiger partial charge is 0.464 e. The van der Waals surface area contributed by atoms with Gasteiger partial charge in [0.05, 0.1) is 17.8 Å². The summed E-state index contributed by atoms with van der Waals surface area (Å²) in [6.45, 7) is 0.0835. The Hall–Kier alpha value is -2.14. The third-order valence-corrected chi connectivity index (χ3v) is 2.23. The molecule has 82 valence electrons. The summed E-state index contributed by atoms with van der Waals surface area (Å²) in [5, 5.41) is 10.4. The molecule has 3 N–H and O–H groups in total. The van der Waals surface area contributed by atoms with Gasteiger partial charge < -0.3 is 5.11 Å². The Labute approximate surface area is 92.1 Å². The van der Waals surface area contributed by atoms with E-state index in [1.807, 2.05) is 30.3 Å². The summed E-state index contributed by atoms with van der Waals surface area (Å²) in [5.74, 6) is 5.29. The Bertz CT molecular complexity index is 527. The molecular formula is C11H11N3O2. The van der Waals surface area contributed by atoms with Crippen molar-refractivity contribution >= 4 is 17.0 Å². The number of benzene rings is 1. The number of para-hydroxylation sites is 1. The maximum Gasteiger partial charge on any atom is 0.421 e. The lowest BCUT2D eigenvalue weighted by Crippen LogP contribution is -2.35. The second-order valence-electron chi connectivity index (χ2n) is 3.41. The van der Waals surface area contributed by atoms with Gasteiger partial charge in [-0.25, -0.2) is 15.6 Å². The average molecular weight is 217 g/mol. The fraction of sp³-hybridized carbons (Fsp3) is 0.0909. The van der Waals surface area contributed by atoms with E-state index in [-0.39, 0.29) is 6.54 Å². The Morgan fingerprint density at radius 3 is 2.81 bits per heavy atom. The number of hydrogen-bond acceptors (Lipinski definition) is 3. The topological polar surface area (TPSA) is 79.5 Å². The highest BCUT2D eigenvalue weighted by Gasteiger charge is 2.07. The molecule has 1 amide bonds. The molecule has 2 rings (SSSR count). The molecule has 0 bridgehead atoms. The molecule has 0 aliphatic heterocycles. The van der Waals surface area contributed by atoms with Crippen LogP contribution in [0.15, 0.2) is 36.4 Å². The van der Waals surface area contributed by atoms with Crippen LogP contribution in [0.5, 0.6) is 0 Å². The standard InChI is InChI=1S/C11H11N3O2/c12-14(11(15)16)7-9-6-5-8-3-1-2-4-10(8)13-9/h1-6H,7,12H2,(H,15,16). The fourth-order valence-electron chi connectivity index (χ4n) is 1.44. The highest BCUT2D eigenvalue weighted by Crippen LogP contribution is 2.12. The SMILES string of the molecule is NN(Cc1ccc2ccccc2n1)C(=O)O. The van der Waals surface area contributed by atoms with Gasteiger partial charge in [-0.15, -0.1) is 0 Å².